The topological polar surface area (TPSA) is 127 Å². The number of rotatable bonds is 9. The molecule has 2 N–H and O–H groups in total. The molecule has 9 heteroatoms. The number of methoxy groups -OCH3 is 2. The molecule has 38 heavy (non-hydrogen) atoms. The highest BCUT2D eigenvalue weighted by molar-refractivity contribution is 6.09. The number of hydrogen-bond donors (Lipinski definition) is 2. The van der Waals surface area contributed by atoms with Crippen LogP contribution in [0.1, 0.15) is 27.0 Å². The summed E-state index contributed by atoms with van der Waals surface area (Å²) >= 11 is 0. The van der Waals surface area contributed by atoms with Crippen LogP contribution in [0.15, 0.2) is 66.2 Å². The normalized spacial score (nSPS) is 10.7. The Hall–Kier alpha value is -5.10. The summed E-state index contributed by atoms with van der Waals surface area (Å²) < 4.78 is 15.7. The van der Waals surface area contributed by atoms with Gasteiger partial charge in [0.2, 0.25) is 0 Å². The maximum Gasteiger partial charge on any atom is 0.337 e. The summed E-state index contributed by atoms with van der Waals surface area (Å²) in [6, 6.07) is 18.5. The maximum absolute atomic E-state index is 12.6. The van der Waals surface area contributed by atoms with Crippen molar-refractivity contribution in [3.8, 4) is 17.6 Å². The maximum atomic E-state index is 12.6. The number of amides is 2. The number of esters is 1. The quantitative estimate of drug-likeness (QED) is 0.242. The van der Waals surface area contributed by atoms with Crippen LogP contribution in [0, 0.1) is 25.2 Å². The molecule has 2 amide bonds. The van der Waals surface area contributed by atoms with Gasteiger partial charge in [0.1, 0.15) is 11.6 Å². The van der Waals surface area contributed by atoms with Gasteiger partial charge < -0.3 is 24.8 Å². The highest BCUT2D eigenvalue weighted by atomic mass is 16.5. The number of nitrogens with zero attached hydrogens (tertiary/aromatic N) is 1. The van der Waals surface area contributed by atoms with E-state index in [0.29, 0.717) is 34.0 Å². The van der Waals surface area contributed by atoms with Crippen molar-refractivity contribution in [3.05, 3.63) is 88.5 Å². The van der Waals surface area contributed by atoms with Gasteiger partial charge in [0.15, 0.2) is 18.1 Å². The first-order valence-electron chi connectivity index (χ1n) is 11.5. The van der Waals surface area contributed by atoms with E-state index >= 15 is 0 Å². The molecule has 9 nitrogen and oxygen atoms in total. The Morgan fingerprint density at radius 1 is 0.921 bits per heavy atom. The Balaban J connectivity index is 1.67. The Bertz CT molecular complexity index is 1420. The van der Waals surface area contributed by atoms with Gasteiger partial charge >= 0.3 is 5.97 Å². The van der Waals surface area contributed by atoms with E-state index in [0.717, 1.165) is 11.1 Å². The van der Waals surface area contributed by atoms with Crippen LogP contribution in [0.2, 0.25) is 0 Å². The lowest BCUT2D eigenvalue weighted by Crippen LogP contribution is -2.20. The number of anilines is 2. The van der Waals surface area contributed by atoms with Gasteiger partial charge in [-0.25, -0.2) is 4.79 Å². The van der Waals surface area contributed by atoms with Gasteiger partial charge in [-0.2, -0.15) is 5.26 Å². The summed E-state index contributed by atoms with van der Waals surface area (Å²) in [7, 11) is 2.72. The van der Waals surface area contributed by atoms with Crippen molar-refractivity contribution in [3.63, 3.8) is 0 Å². The number of aryl methyl sites for hydroxylation is 2. The van der Waals surface area contributed by atoms with Crippen LogP contribution < -0.4 is 20.1 Å². The predicted octanol–water partition coefficient (Wildman–Crippen LogP) is 4.66. The van der Waals surface area contributed by atoms with E-state index in [1.54, 1.807) is 18.2 Å². The van der Waals surface area contributed by atoms with Crippen molar-refractivity contribution in [2.45, 2.75) is 13.8 Å². The third-order valence-corrected chi connectivity index (χ3v) is 5.45. The molecule has 0 saturated heterocycles. The molecule has 0 aliphatic rings. The molecule has 0 aliphatic heterocycles. The third-order valence-electron chi connectivity index (χ3n) is 5.45. The third kappa shape index (κ3) is 7.21. The number of hydrogen-bond acceptors (Lipinski definition) is 7. The smallest absolute Gasteiger partial charge is 0.337 e. The molecule has 0 aliphatic carbocycles. The predicted molar refractivity (Wildman–Crippen MR) is 143 cm³/mol. The minimum atomic E-state index is -0.624. The number of benzene rings is 3. The van der Waals surface area contributed by atoms with Gasteiger partial charge in [0.25, 0.3) is 11.8 Å². The van der Waals surface area contributed by atoms with E-state index in [-0.39, 0.29) is 18.1 Å². The Morgan fingerprint density at radius 2 is 1.66 bits per heavy atom. The molecule has 0 bridgehead atoms. The number of nitrogens with one attached hydrogen (secondary N) is 2. The molecular weight excluding hydrogens is 486 g/mol. The molecule has 3 aromatic carbocycles. The van der Waals surface area contributed by atoms with Gasteiger partial charge in [0.05, 0.1) is 19.8 Å². The summed E-state index contributed by atoms with van der Waals surface area (Å²) in [6.07, 6.45) is 1.40. The Morgan fingerprint density at radius 3 is 2.32 bits per heavy atom. The van der Waals surface area contributed by atoms with E-state index in [2.05, 4.69) is 15.4 Å². The van der Waals surface area contributed by atoms with Gasteiger partial charge in [0, 0.05) is 11.4 Å². The van der Waals surface area contributed by atoms with Crippen LogP contribution in [0.4, 0.5) is 11.4 Å². The van der Waals surface area contributed by atoms with Crippen molar-refractivity contribution in [2.75, 3.05) is 31.5 Å². The summed E-state index contributed by atoms with van der Waals surface area (Å²) in [4.78, 5) is 36.6. The second-order valence-corrected chi connectivity index (χ2v) is 8.26. The van der Waals surface area contributed by atoms with E-state index in [9.17, 15) is 19.6 Å². The first kappa shape index (κ1) is 27.5. The van der Waals surface area contributed by atoms with Crippen molar-refractivity contribution in [2.24, 2.45) is 0 Å². The lowest BCUT2D eigenvalue weighted by Gasteiger charge is -2.13. The van der Waals surface area contributed by atoms with E-state index in [1.165, 1.54) is 44.6 Å². The molecule has 0 radical (unpaired) electrons. The number of carbonyl (C=O) groups is 3. The summed E-state index contributed by atoms with van der Waals surface area (Å²) in [6.45, 7) is 3.61. The van der Waals surface area contributed by atoms with Gasteiger partial charge in [-0.05, 0) is 79.1 Å². The molecule has 0 fully saturated rings. The van der Waals surface area contributed by atoms with Gasteiger partial charge in [-0.15, -0.1) is 0 Å². The molecule has 3 aromatic rings. The molecule has 0 heterocycles. The molecule has 0 spiro atoms. The second kappa shape index (κ2) is 12.7. The molecule has 3 rings (SSSR count). The molecular formula is C29H27N3O6. The summed E-state index contributed by atoms with van der Waals surface area (Å²) in [5.41, 5.74) is 3.79. The van der Waals surface area contributed by atoms with Crippen LogP contribution in [0.25, 0.3) is 6.08 Å². The van der Waals surface area contributed by atoms with Crippen molar-refractivity contribution in [1.82, 2.24) is 0 Å². The molecule has 0 aromatic heterocycles. The number of carbonyl (C=O) groups excluding carboxylic acids is 3. The fraction of sp³-hybridized carbons (Fsp3) is 0.172. The van der Waals surface area contributed by atoms with Crippen molar-refractivity contribution >= 4 is 35.2 Å². The van der Waals surface area contributed by atoms with Gasteiger partial charge in [-0.1, -0.05) is 18.2 Å². The fourth-order valence-corrected chi connectivity index (χ4v) is 3.41. The summed E-state index contributed by atoms with van der Waals surface area (Å²) in [5.74, 6) is -0.791. The first-order chi connectivity index (χ1) is 18.2. The van der Waals surface area contributed by atoms with Crippen LogP contribution in [0.5, 0.6) is 11.5 Å². The van der Waals surface area contributed by atoms with Crippen molar-refractivity contribution in [1.29, 1.82) is 5.26 Å². The van der Waals surface area contributed by atoms with E-state index in [1.807, 2.05) is 38.1 Å². The molecule has 0 atom stereocenters. The Kier molecular flexibility index (Phi) is 9.21. The number of nitriles is 1. The largest absolute Gasteiger partial charge is 0.493 e. The molecule has 0 saturated carbocycles. The SMILES string of the molecule is COC(=O)c1ccc(NC(=O)/C(C#N)=C\c2ccc(OCC(=O)Nc3cc(C)ccc3C)c(OC)c2)cc1. The zero-order valence-electron chi connectivity index (χ0n) is 21.5. The zero-order valence-corrected chi connectivity index (χ0v) is 21.5. The minimum absolute atomic E-state index is 0.148. The summed E-state index contributed by atoms with van der Waals surface area (Å²) in [5, 5.41) is 15.0. The first-order valence-corrected chi connectivity index (χ1v) is 11.5. The van der Waals surface area contributed by atoms with Crippen LogP contribution in [0.3, 0.4) is 0 Å². The Labute approximate surface area is 220 Å². The van der Waals surface area contributed by atoms with Crippen LogP contribution >= 0.6 is 0 Å². The van der Waals surface area contributed by atoms with Crippen molar-refractivity contribution < 1.29 is 28.6 Å². The standard InChI is InChI=1S/C29H27N3O6/c1-18-5-6-19(2)24(13-18)32-27(33)17-38-25-12-7-20(15-26(25)36-3)14-22(16-30)28(34)31-23-10-8-21(9-11-23)29(35)37-4/h5-15H,17H2,1-4H3,(H,31,34)(H,32,33)/b22-14-. The lowest BCUT2D eigenvalue weighted by molar-refractivity contribution is -0.118. The molecule has 194 valence electrons. The minimum Gasteiger partial charge on any atom is -0.493 e. The van der Waals surface area contributed by atoms with Crippen LogP contribution in [-0.2, 0) is 14.3 Å². The average Bonchev–Trinajstić information content (AvgIpc) is 2.92. The van der Waals surface area contributed by atoms with Gasteiger partial charge in [-0.3, -0.25) is 9.59 Å². The highest BCUT2D eigenvalue weighted by Gasteiger charge is 2.13. The monoisotopic (exact) mass is 513 g/mol. The lowest BCUT2D eigenvalue weighted by atomic mass is 10.1. The fourth-order valence-electron chi connectivity index (χ4n) is 3.41. The van der Waals surface area contributed by atoms with E-state index in [4.69, 9.17) is 9.47 Å². The van der Waals surface area contributed by atoms with E-state index < -0.39 is 11.9 Å². The zero-order chi connectivity index (χ0) is 27.7. The highest BCUT2D eigenvalue weighted by Crippen LogP contribution is 2.29. The second-order valence-electron chi connectivity index (χ2n) is 8.26. The van der Waals surface area contributed by atoms with Crippen LogP contribution in [-0.4, -0.2) is 38.6 Å². The average molecular weight is 514 g/mol. The number of ether oxygens (including phenoxy) is 3. The molecule has 0 unspecified atom stereocenters.